The van der Waals surface area contributed by atoms with Gasteiger partial charge < -0.3 is 20.4 Å². The molecule has 0 saturated carbocycles. The summed E-state index contributed by atoms with van der Waals surface area (Å²) in [5, 5.41) is 1.14. The lowest BCUT2D eigenvalue weighted by molar-refractivity contribution is 0.0227. The van der Waals surface area contributed by atoms with Crippen LogP contribution in [0.15, 0.2) is 24.4 Å². The van der Waals surface area contributed by atoms with E-state index >= 15 is 0 Å². The summed E-state index contributed by atoms with van der Waals surface area (Å²) < 4.78 is 5.54. The maximum absolute atomic E-state index is 12.4. The molecule has 23 heavy (non-hydrogen) atoms. The first-order chi connectivity index (χ1) is 10.8. The van der Waals surface area contributed by atoms with Crippen LogP contribution in [0.3, 0.4) is 0 Å². The monoisotopic (exact) mass is 315 g/mol. The van der Waals surface area contributed by atoms with Crippen molar-refractivity contribution in [2.24, 2.45) is 0 Å². The normalized spacial score (nSPS) is 18.6. The second-order valence-corrected chi connectivity index (χ2v) is 7.29. The van der Waals surface area contributed by atoms with Crippen molar-refractivity contribution < 1.29 is 9.53 Å². The van der Waals surface area contributed by atoms with Gasteiger partial charge in [0.15, 0.2) is 0 Å². The summed E-state index contributed by atoms with van der Waals surface area (Å²) in [4.78, 5) is 17.5. The van der Waals surface area contributed by atoms with E-state index in [2.05, 4.69) is 4.98 Å². The fourth-order valence-corrected chi connectivity index (χ4v) is 3.23. The Bertz CT molecular complexity index is 715. The summed E-state index contributed by atoms with van der Waals surface area (Å²) in [5.74, 6) is 0. The maximum Gasteiger partial charge on any atom is 0.410 e. The number of nitrogens with two attached hydrogens (primary N) is 1. The third kappa shape index (κ3) is 3.44. The zero-order valence-corrected chi connectivity index (χ0v) is 14.1. The minimum atomic E-state index is -0.459. The topological polar surface area (TPSA) is 71.3 Å². The molecular weight excluding hydrogens is 290 g/mol. The van der Waals surface area contributed by atoms with Crippen LogP contribution in [0.2, 0.25) is 0 Å². The van der Waals surface area contributed by atoms with Gasteiger partial charge >= 0.3 is 6.09 Å². The molecule has 5 heteroatoms. The molecule has 0 spiro atoms. The van der Waals surface area contributed by atoms with E-state index in [4.69, 9.17) is 10.5 Å². The zero-order chi connectivity index (χ0) is 16.6. The van der Waals surface area contributed by atoms with Crippen molar-refractivity contribution in [1.82, 2.24) is 9.88 Å². The number of amides is 1. The molecule has 1 saturated heterocycles. The Balaban J connectivity index is 1.78. The SMILES string of the molecule is CC(C)(C)OC(=O)N1CCCC1Cc1c[nH]c2ccc(N)cc12. The van der Waals surface area contributed by atoms with Crippen LogP contribution in [0.1, 0.15) is 39.2 Å². The van der Waals surface area contributed by atoms with Crippen molar-refractivity contribution in [3.05, 3.63) is 30.0 Å². The van der Waals surface area contributed by atoms with Gasteiger partial charge in [0.25, 0.3) is 0 Å². The maximum atomic E-state index is 12.4. The number of rotatable bonds is 2. The molecule has 124 valence electrons. The van der Waals surface area contributed by atoms with E-state index in [0.717, 1.165) is 42.4 Å². The van der Waals surface area contributed by atoms with E-state index in [1.54, 1.807) is 0 Å². The smallest absolute Gasteiger partial charge is 0.410 e. The second kappa shape index (κ2) is 5.80. The molecule has 2 heterocycles. The molecule has 0 radical (unpaired) electrons. The van der Waals surface area contributed by atoms with Crippen LogP contribution < -0.4 is 5.73 Å². The molecule has 5 nitrogen and oxygen atoms in total. The van der Waals surface area contributed by atoms with Crippen molar-refractivity contribution >= 4 is 22.7 Å². The highest BCUT2D eigenvalue weighted by atomic mass is 16.6. The van der Waals surface area contributed by atoms with Crippen LogP contribution in [0.4, 0.5) is 10.5 Å². The third-order valence-corrected chi connectivity index (χ3v) is 4.25. The van der Waals surface area contributed by atoms with E-state index in [1.165, 1.54) is 5.56 Å². The molecule has 1 amide bonds. The number of aromatic amines is 1. The van der Waals surface area contributed by atoms with E-state index in [-0.39, 0.29) is 12.1 Å². The molecule has 1 aliphatic rings. The molecule has 0 aliphatic carbocycles. The first-order valence-electron chi connectivity index (χ1n) is 8.18. The number of aromatic nitrogens is 1. The van der Waals surface area contributed by atoms with Crippen molar-refractivity contribution in [2.75, 3.05) is 12.3 Å². The summed E-state index contributed by atoms with van der Waals surface area (Å²) in [5.41, 5.74) is 8.49. The first kappa shape index (κ1) is 15.7. The van der Waals surface area contributed by atoms with Gasteiger partial charge in [-0.05, 0) is 63.8 Å². The van der Waals surface area contributed by atoms with Crippen LogP contribution in [0.5, 0.6) is 0 Å². The quantitative estimate of drug-likeness (QED) is 0.830. The largest absolute Gasteiger partial charge is 0.444 e. The van der Waals surface area contributed by atoms with Crippen molar-refractivity contribution in [1.29, 1.82) is 0 Å². The van der Waals surface area contributed by atoms with Crippen molar-refractivity contribution in [3.8, 4) is 0 Å². The average molecular weight is 315 g/mol. The number of nitrogens with zero attached hydrogens (tertiary/aromatic N) is 1. The zero-order valence-electron chi connectivity index (χ0n) is 14.1. The van der Waals surface area contributed by atoms with Gasteiger partial charge in [0.05, 0.1) is 0 Å². The number of likely N-dealkylation sites (tertiary alicyclic amines) is 1. The predicted molar refractivity (Wildman–Crippen MR) is 92.4 cm³/mol. The van der Waals surface area contributed by atoms with Crippen molar-refractivity contribution in [2.45, 2.75) is 51.7 Å². The first-order valence-corrected chi connectivity index (χ1v) is 8.18. The Kier molecular flexibility index (Phi) is 3.96. The van der Waals surface area contributed by atoms with Crippen LogP contribution >= 0.6 is 0 Å². The number of carbonyl (C=O) groups excluding carboxylic acids is 1. The number of hydrogen-bond donors (Lipinski definition) is 2. The van der Waals surface area contributed by atoms with Gasteiger partial charge in [-0.1, -0.05) is 0 Å². The molecule has 1 aromatic heterocycles. The van der Waals surface area contributed by atoms with Gasteiger partial charge in [0.1, 0.15) is 5.60 Å². The Labute approximate surface area is 136 Å². The Morgan fingerprint density at radius 3 is 2.96 bits per heavy atom. The summed E-state index contributed by atoms with van der Waals surface area (Å²) in [6.07, 6.45) is 4.67. The highest BCUT2D eigenvalue weighted by Crippen LogP contribution is 2.28. The fourth-order valence-electron chi connectivity index (χ4n) is 3.23. The van der Waals surface area contributed by atoms with E-state index in [1.807, 2.05) is 50.1 Å². The number of fused-ring (bicyclic) bond motifs is 1. The van der Waals surface area contributed by atoms with Crippen LogP contribution in [-0.4, -0.2) is 34.2 Å². The van der Waals surface area contributed by atoms with Gasteiger partial charge in [0, 0.05) is 35.4 Å². The van der Waals surface area contributed by atoms with Gasteiger partial charge in [-0.25, -0.2) is 4.79 Å². The average Bonchev–Trinajstić information content (AvgIpc) is 3.05. The standard InChI is InChI=1S/C18H25N3O2/c1-18(2,3)23-17(22)21-8-4-5-14(21)9-12-11-20-16-7-6-13(19)10-15(12)16/h6-7,10-11,14,20H,4-5,8-9,19H2,1-3H3. The molecule has 1 atom stereocenters. The molecule has 1 aromatic carbocycles. The molecule has 0 bridgehead atoms. The number of ether oxygens (including phenoxy) is 1. The van der Waals surface area contributed by atoms with Gasteiger partial charge in [-0.15, -0.1) is 0 Å². The molecule has 3 N–H and O–H groups in total. The summed E-state index contributed by atoms with van der Waals surface area (Å²) in [7, 11) is 0. The highest BCUT2D eigenvalue weighted by molar-refractivity contribution is 5.86. The molecule has 3 rings (SSSR count). The Hall–Kier alpha value is -2.17. The number of nitrogens with one attached hydrogen (secondary N) is 1. The van der Waals surface area contributed by atoms with Crippen LogP contribution in [-0.2, 0) is 11.2 Å². The Morgan fingerprint density at radius 2 is 2.22 bits per heavy atom. The third-order valence-electron chi connectivity index (χ3n) is 4.25. The van der Waals surface area contributed by atoms with Gasteiger partial charge in [-0.2, -0.15) is 0 Å². The van der Waals surface area contributed by atoms with E-state index in [0.29, 0.717) is 0 Å². The van der Waals surface area contributed by atoms with E-state index < -0.39 is 5.60 Å². The molecule has 1 unspecified atom stereocenters. The number of benzene rings is 1. The molecular formula is C18H25N3O2. The van der Waals surface area contributed by atoms with Gasteiger partial charge in [-0.3, -0.25) is 0 Å². The lowest BCUT2D eigenvalue weighted by Gasteiger charge is -2.28. The molecule has 1 aliphatic heterocycles. The number of anilines is 1. The lowest BCUT2D eigenvalue weighted by atomic mass is 10.0. The highest BCUT2D eigenvalue weighted by Gasteiger charge is 2.32. The van der Waals surface area contributed by atoms with Gasteiger partial charge in [0.2, 0.25) is 0 Å². The summed E-state index contributed by atoms with van der Waals surface area (Å²) in [6, 6.07) is 6.07. The minimum Gasteiger partial charge on any atom is -0.444 e. The minimum absolute atomic E-state index is 0.185. The number of hydrogen-bond acceptors (Lipinski definition) is 3. The number of carbonyl (C=O) groups is 1. The number of H-pyrrole nitrogens is 1. The fraction of sp³-hybridized carbons (Fsp3) is 0.500. The predicted octanol–water partition coefficient (Wildman–Crippen LogP) is 3.69. The molecule has 2 aromatic rings. The summed E-state index contributed by atoms with van der Waals surface area (Å²) in [6.45, 7) is 6.47. The number of nitrogen functional groups attached to an aromatic ring is 1. The summed E-state index contributed by atoms with van der Waals surface area (Å²) >= 11 is 0. The van der Waals surface area contributed by atoms with Crippen LogP contribution in [0, 0.1) is 0 Å². The second-order valence-electron chi connectivity index (χ2n) is 7.29. The van der Waals surface area contributed by atoms with E-state index in [9.17, 15) is 4.79 Å². The van der Waals surface area contributed by atoms with Crippen molar-refractivity contribution in [3.63, 3.8) is 0 Å². The Morgan fingerprint density at radius 1 is 1.43 bits per heavy atom. The lowest BCUT2D eigenvalue weighted by Crippen LogP contribution is -2.40. The van der Waals surface area contributed by atoms with Crippen LogP contribution in [0.25, 0.3) is 10.9 Å². The molecule has 1 fully saturated rings.